The van der Waals surface area contributed by atoms with Gasteiger partial charge in [0.15, 0.2) is 0 Å². The minimum absolute atomic E-state index is 0.128. The Morgan fingerprint density at radius 2 is 1.74 bits per heavy atom. The Morgan fingerprint density at radius 1 is 1.16 bits per heavy atom. The van der Waals surface area contributed by atoms with Crippen LogP contribution in [0.25, 0.3) is 0 Å². The fourth-order valence-electron chi connectivity index (χ4n) is 1.25. The van der Waals surface area contributed by atoms with Gasteiger partial charge < -0.3 is 0 Å². The largest absolute Gasteiger partial charge is 0.240 e. The second-order valence-corrected chi connectivity index (χ2v) is 9.40. The van der Waals surface area contributed by atoms with E-state index >= 15 is 0 Å². The lowest BCUT2D eigenvalue weighted by atomic mass is 10.4. The monoisotopic (exact) mass is 343 g/mol. The predicted molar refractivity (Wildman–Crippen MR) is 77.7 cm³/mol. The molecule has 108 valence electrons. The summed E-state index contributed by atoms with van der Waals surface area (Å²) in [5.74, 6) is 0.196. The molecule has 0 unspecified atom stereocenters. The normalized spacial score (nSPS) is 12.5. The molecule has 1 aromatic rings. The van der Waals surface area contributed by atoms with E-state index in [0.29, 0.717) is 12.3 Å². The summed E-state index contributed by atoms with van der Waals surface area (Å²) in [5.41, 5.74) is 0. The lowest BCUT2D eigenvalue weighted by Gasteiger charge is -2.05. The quantitative estimate of drug-likeness (QED) is 0.601. The molecule has 0 saturated carbocycles. The molecule has 9 heteroatoms. The Labute approximate surface area is 122 Å². The van der Waals surface area contributed by atoms with E-state index in [4.69, 9.17) is 10.7 Å². The van der Waals surface area contributed by atoms with Gasteiger partial charge in [-0.3, -0.25) is 0 Å². The molecule has 0 aliphatic heterocycles. The van der Waals surface area contributed by atoms with Gasteiger partial charge in [0, 0.05) is 27.9 Å². The maximum absolute atomic E-state index is 11.7. The molecule has 0 radical (unpaired) electrons. The van der Waals surface area contributed by atoms with Crippen LogP contribution in [0.1, 0.15) is 6.92 Å². The third-order valence-corrected chi connectivity index (χ3v) is 6.05. The van der Waals surface area contributed by atoms with Crippen LogP contribution in [0.4, 0.5) is 0 Å². The SMILES string of the molecule is CCNS(=O)(=O)c1ccc(SCCS(=O)(=O)Cl)cc1. The van der Waals surface area contributed by atoms with Crippen molar-refractivity contribution >= 4 is 41.5 Å². The van der Waals surface area contributed by atoms with Crippen molar-refractivity contribution in [2.45, 2.75) is 16.7 Å². The van der Waals surface area contributed by atoms with Gasteiger partial charge >= 0.3 is 0 Å². The zero-order valence-corrected chi connectivity index (χ0v) is 13.4. The highest BCUT2D eigenvalue weighted by atomic mass is 35.7. The smallest absolute Gasteiger partial charge is 0.212 e. The summed E-state index contributed by atoms with van der Waals surface area (Å²) in [6.45, 7) is 2.03. The molecule has 1 aromatic carbocycles. The maximum Gasteiger partial charge on any atom is 0.240 e. The number of thioether (sulfide) groups is 1. The topological polar surface area (TPSA) is 80.3 Å². The summed E-state index contributed by atoms with van der Waals surface area (Å²) < 4.78 is 47.2. The lowest BCUT2D eigenvalue weighted by molar-refractivity contribution is 0.584. The molecule has 0 atom stereocenters. The van der Waals surface area contributed by atoms with Gasteiger partial charge in [-0.15, -0.1) is 11.8 Å². The van der Waals surface area contributed by atoms with Crippen LogP contribution >= 0.6 is 22.4 Å². The van der Waals surface area contributed by atoms with E-state index in [-0.39, 0.29) is 10.6 Å². The number of benzene rings is 1. The van der Waals surface area contributed by atoms with Crippen molar-refractivity contribution in [3.8, 4) is 0 Å². The van der Waals surface area contributed by atoms with Crippen LogP contribution < -0.4 is 4.72 Å². The molecule has 0 heterocycles. The van der Waals surface area contributed by atoms with Gasteiger partial charge in [-0.2, -0.15) is 0 Å². The van der Waals surface area contributed by atoms with Crippen LogP contribution in [-0.4, -0.2) is 34.9 Å². The Hall–Kier alpha value is -0.280. The van der Waals surface area contributed by atoms with Gasteiger partial charge in [-0.05, 0) is 24.3 Å². The van der Waals surface area contributed by atoms with Crippen LogP contribution in [0.5, 0.6) is 0 Å². The molecule has 0 aromatic heterocycles. The highest BCUT2D eigenvalue weighted by Gasteiger charge is 2.12. The van der Waals surface area contributed by atoms with Gasteiger partial charge in [0.1, 0.15) is 0 Å². The zero-order valence-electron chi connectivity index (χ0n) is 10.2. The minimum atomic E-state index is -3.49. The molecule has 0 bridgehead atoms. The Kier molecular flexibility index (Phi) is 6.13. The van der Waals surface area contributed by atoms with Crippen LogP contribution in [0.2, 0.25) is 0 Å². The Morgan fingerprint density at radius 3 is 2.21 bits per heavy atom. The lowest BCUT2D eigenvalue weighted by Crippen LogP contribution is -2.22. The molecule has 0 amide bonds. The van der Waals surface area contributed by atoms with E-state index < -0.39 is 19.1 Å². The van der Waals surface area contributed by atoms with Crippen LogP contribution in [0, 0.1) is 0 Å². The average molecular weight is 344 g/mol. The number of nitrogens with one attached hydrogen (secondary N) is 1. The van der Waals surface area contributed by atoms with Gasteiger partial charge in [-0.1, -0.05) is 6.92 Å². The standard InChI is InChI=1S/C10H14ClNO4S3/c1-2-12-19(15,16)10-5-3-9(4-6-10)17-7-8-18(11,13)14/h3-6,12H,2,7-8H2,1H3. The first-order valence-electron chi connectivity index (χ1n) is 5.39. The summed E-state index contributed by atoms with van der Waals surface area (Å²) >= 11 is 1.30. The van der Waals surface area contributed by atoms with E-state index in [0.717, 1.165) is 4.90 Å². The van der Waals surface area contributed by atoms with Crippen molar-refractivity contribution in [3.05, 3.63) is 24.3 Å². The maximum atomic E-state index is 11.7. The average Bonchev–Trinajstić information content (AvgIpc) is 2.28. The first-order chi connectivity index (χ1) is 8.74. The first-order valence-corrected chi connectivity index (χ1v) is 10.3. The van der Waals surface area contributed by atoms with Gasteiger partial charge in [0.05, 0.1) is 10.6 Å². The van der Waals surface area contributed by atoms with Crippen LogP contribution in [0.3, 0.4) is 0 Å². The van der Waals surface area contributed by atoms with Gasteiger partial charge in [-0.25, -0.2) is 21.6 Å². The summed E-state index contributed by atoms with van der Waals surface area (Å²) in [7, 11) is -1.84. The third-order valence-electron chi connectivity index (χ3n) is 2.06. The van der Waals surface area contributed by atoms with Gasteiger partial charge in [0.2, 0.25) is 19.1 Å². The number of hydrogen-bond donors (Lipinski definition) is 1. The van der Waals surface area contributed by atoms with E-state index in [1.807, 2.05) is 0 Å². The molecular weight excluding hydrogens is 330 g/mol. The predicted octanol–water partition coefficient (Wildman–Crippen LogP) is 1.65. The van der Waals surface area contributed by atoms with Crippen molar-refractivity contribution < 1.29 is 16.8 Å². The molecule has 0 fully saturated rings. The molecule has 1 N–H and O–H groups in total. The zero-order chi connectivity index (χ0) is 14.5. The third kappa shape index (κ3) is 6.13. The number of hydrogen-bond acceptors (Lipinski definition) is 5. The van der Waals surface area contributed by atoms with E-state index in [1.165, 1.54) is 23.9 Å². The molecular formula is C10H14ClNO4S3. The molecule has 1 rings (SSSR count). The molecule has 5 nitrogen and oxygen atoms in total. The van der Waals surface area contributed by atoms with Crippen LogP contribution in [-0.2, 0) is 19.1 Å². The van der Waals surface area contributed by atoms with Crippen molar-refractivity contribution in [1.29, 1.82) is 0 Å². The van der Waals surface area contributed by atoms with Gasteiger partial charge in [0.25, 0.3) is 0 Å². The highest BCUT2D eigenvalue weighted by molar-refractivity contribution is 8.14. The van der Waals surface area contributed by atoms with Crippen LogP contribution in [0.15, 0.2) is 34.1 Å². The molecule has 0 saturated heterocycles. The summed E-state index contributed by atoms with van der Waals surface area (Å²) in [6, 6.07) is 6.23. The fourth-order valence-corrected chi connectivity index (χ4v) is 4.55. The van der Waals surface area contributed by atoms with Crippen molar-refractivity contribution in [3.63, 3.8) is 0 Å². The Bertz CT molecular complexity index is 611. The number of sulfonamides is 1. The van der Waals surface area contributed by atoms with Crippen molar-refractivity contribution in [2.75, 3.05) is 18.1 Å². The highest BCUT2D eigenvalue weighted by Crippen LogP contribution is 2.20. The number of rotatable bonds is 7. The molecule has 0 aliphatic carbocycles. The summed E-state index contributed by atoms with van der Waals surface area (Å²) in [5, 5.41) is 0. The summed E-state index contributed by atoms with van der Waals surface area (Å²) in [6.07, 6.45) is 0. The first kappa shape index (κ1) is 16.8. The molecule has 0 spiro atoms. The van der Waals surface area contributed by atoms with Crippen molar-refractivity contribution in [1.82, 2.24) is 4.72 Å². The van der Waals surface area contributed by atoms with E-state index in [1.54, 1.807) is 19.1 Å². The Balaban J connectivity index is 2.67. The van der Waals surface area contributed by atoms with Crippen molar-refractivity contribution in [2.24, 2.45) is 0 Å². The fraction of sp³-hybridized carbons (Fsp3) is 0.400. The molecule has 19 heavy (non-hydrogen) atoms. The number of halogens is 1. The summed E-state index contributed by atoms with van der Waals surface area (Å²) in [4.78, 5) is 0.972. The van der Waals surface area contributed by atoms with E-state index in [9.17, 15) is 16.8 Å². The molecule has 0 aliphatic rings. The van der Waals surface area contributed by atoms with E-state index in [2.05, 4.69) is 4.72 Å². The second-order valence-electron chi connectivity index (χ2n) is 3.56. The second kappa shape index (κ2) is 6.94. The minimum Gasteiger partial charge on any atom is -0.212 e.